The minimum Gasteiger partial charge on any atom is -0.383 e. The Balaban J connectivity index is 2.25. The second-order valence-corrected chi connectivity index (χ2v) is 6.14. The first kappa shape index (κ1) is 14.0. The highest BCUT2D eigenvalue weighted by atomic mass is 79.9. The van der Waals surface area contributed by atoms with Crippen LogP contribution >= 0.6 is 38.9 Å². The lowest BCUT2D eigenvalue weighted by Gasteiger charge is -2.08. The molecule has 1 rings (SSSR count). The van der Waals surface area contributed by atoms with Gasteiger partial charge in [0, 0.05) is 19.0 Å². The Morgan fingerprint density at radius 2 is 2.50 bits per heavy atom. The van der Waals surface area contributed by atoms with Crippen molar-refractivity contribution in [2.45, 2.75) is 11.8 Å². The van der Waals surface area contributed by atoms with E-state index in [-0.39, 0.29) is 11.3 Å². The Morgan fingerprint density at radius 3 is 3.06 bits per heavy atom. The topological polar surface area (TPSA) is 38.3 Å². The van der Waals surface area contributed by atoms with E-state index in [1.807, 2.05) is 5.38 Å². The van der Waals surface area contributed by atoms with Gasteiger partial charge in [-0.25, -0.2) is 0 Å². The molecule has 1 atom stereocenters. The molecule has 3 nitrogen and oxygen atoms in total. The van der Waals surface area contributed by atoms with E-state index in [0.29, 0.717) is 25.1 Å². The van der Waals surface area contributed by atoms with Crippen molar-refractivity contribution in [3.05, 3.63) is 20.8 Å². The number of hydrogen-bond donors (Lipinski definition) is 1. The van der Waals surface area contributed by atoms with Crippen molar-refractivity contribution < 1.29 is 9.53 Å². The van der Waals surface area contributed by atoms with Gasteiger partial charge in [-0.1, -0.05) is 0 Å². The summed E-state index contributed by atoms with van der Waals surface area (Å²) in [5, 5.41) is 4.56. The molecule has 0 aliphatic rings. The Labute approximate surface area is 112 Å². The molecule has 16 heavy (non-hydrogen) atoms. The molecule has 0 aliphatic carbocycles. The van der Waals surface area contributed by atoms with Gasteiger partial charge in [0.25, 0.3) is 5.91 Å². The summed E-state index contributed by atoms with van der Waals surface area (Å²) in [5.74, 6) is -0.0665. The fraction of sp³-hybridized carbons (Fsp3) is 0.500. The first-order chi connectivity index (χ1) is 7.63. The van der Waals surface area contributed by atoms with E-state index >= 15 is 0 Å². The summed E-state index contributed by atoms with van der Waals surface area (Å²) < 4.78 is 5.85. The second-order valence-electron chi connectivity index (χ2n) is 3.24. The number of nitrogens with one attached hydrogen (secondary N) is 1. The van der Waals surface area contributed by atoms with Gasteiger partial charge in [-0.2, -0.15) is 0 Å². The minimum absolute atomic E-state index is 0.0560. The number of thiophene rings is 1. The van der Waals surface area contributed by atoms with Crippen LogP contribution in [0.25, 0.3) is 0 Å². The van der Waals surface area contributed by atoms with Crippen molar-refractivity contribution in [3.8, 4) is 0 Å². The highest BCUT2D eigenvalue weighted by Crippen LogP contribution is 2.20. The monoisotopic (exact) mass is 325 g/mol. The SMILES string of the molecule is COCC(Cl)CCNC(=O)c1csc(Br)c1. The number of methoxy groups -OCH3 is 1. The molecule has 1 amide bonds. The van der Waals surface area contributed by atoms with Crippen molar-refractivity contribution >= 4 is 44.8 Å². The zero-order valence-corrected chi connectivity index (χ0v) is 12.0. The van der Waals surface area contributed by atoms with Gasteiger partial charge in [0.15, 0.2) is 0 Å². The Kier molecular flexibility index (Phi) is 6.34. The standard InChI is InChI=1S/C10H13BrClNO2S/c1-15-5-8(12)2-3-13-10(14)7-4-9(11)16-6-7/h4,6,8H,2-3,5H2,1H3,(H,13,14). The fourth-order valence-corrected chi connectivity index (χ4v) is 2.51. The van der Waals surface area contributed by atoms with E-state index in [1.54, 1.807) is 13.2 Å². The molecule has 0 aliphatic heterocycles. The quantitative estimate of drug-likeness (QED) is 0.816. The van der Waals surface area contributed by atoms with Crippen molar-refractivity contribution in [2.75, 3.05) is 20.3 Å². The summed E-state index contributed by atoms with van der Waals surface area (Å²) in [5.41, 5.74) is 0.676. The molecule has 1 aromatic rings. The average molecular weight is 327 g/mol. The van der Waals surface area contributed by atoms with E-state index in [0.717, 1.165) is 3.79 Å². The summed E-state index contributed by atoms with van der Waals surface area (Å²) in [6.07, 6.45) is 0.701. The van der Waals surface area contributed by atoms with E-state index in [2.05, 4.69) is 21.2 Å². The second kappa shape index (κ2) is 7.27. The maximum Gasteiger partial charge on any atom is 0.252 e. The molecular weight excluding hydrogens is 314 g/mol. The van der Waals surface area contributed by atoms with Crippen LogP contribution in [-0.4, -0.2) is 31.5 Å². The average Bonchev–Trinajstić information content (AvgIpc) is 2.65. The van der Waals surface area contributed by atoms with E-state index in [1.165, 1.54) is 11.3 Å². The molecule has 0 bridgehead atoms. The predicted molar refractivity (Wildman–Crippen MR) is 70.5 cm³/mol. The molecule has 0 fully saturated rings. The Morgan fingerprint density at radius 1 is 1.75 bits per heavy atom. The summed E-state index contributed by atoms with van der Waals surface area (Å²) in [6.45, 7) is 1.06. The molecule has 90 valence electrons. The molecule has 1 N–H and O–H groups in total. The van der Waals surface area contributed by atoms with Crippen molar-refractivity contribution in [3.63, 3.8) is 0 Å². The third kappa shape index (κ3) is 4.82. The van der Waals surface area contributed by atoms with E-state index in [4.69, 9.17) is 16.3 Å². The lowest BCUT2D eigenvalue weighted by atomic mass is 10.3. The van der Waals surface area contributed by atoms with Gasteiger partial charge >= 0.3 is 0 Å². The van der Waals surface area contributed by atoms with Gasteiger partial charge in [0.2, 0.25) is 0 Å². The van der Waals surface area contributed by atoms with Crippen LogP contribution in [0.15, 0.2) is 15.2 Å². The number of hydrogen-bond acceptors (Lipinski definition) is 3. The first-order valence-electron chi connectivity index (χ1n) is 4.78. The van der Waals surface area contributed by atoms with E-state index in [9.17, 15) is 4.79 Å². The molecule has 0 spiro atoms. The molecule has 1 unspecified atom stereocenters. The summed E-state index contributed by atoms with van der Waals surface area (Å²) in [6, 6.07) is 1.80. The molecule has 6 heteroatoms. The van der Waals surface area contributed by atoms with Crippen LogP contribution in [0.3, 0.4) is 0 Å². The first-order valence-corrected chi connectivity index (χ1v) is 6.89. The van der Waals surface area contributed by atoms with Gasteiger partial charge in [0.05, 0.1) is 21.3 Å². The zero-order valence-electron chi connectivity index (χ0n) is 8.83. The number of halogens is 2. The van der Waals surface area contributed by atoms with Crippen LogP contribution in [0.1, 0.15) is 16.8 Å². The minimum atomic E-state index is -0.0665. The van der Waals surface area contributed by atoms with Crippen LogP contribution in [-0.2, 0) is 4.74 Å². The highest BCUT2D eigenvalue weighted by molar-refractivity contribution is 9.11. The zero-order chi connectivity index (χ0) is 12.0. The molecule has 0 saturated carbocycles. The third-order valence-corrected chi connectivity index (χ3v) is 3.77. The maximum absolute atomic E-state index is 11.6. The maximum atomic E-state index is 11.6. The predicted octanol–water partition coefficient (Wildman–Crippen LogP) is 2.88. The molecule has 0 aromatic carbocycles. The van der Waals surface area contributed by atoms with Crippen LogP contribution in [0.4, 0.5) is 0 Å². The highest BCUT2D eigenvalue weighted by Gasteiger charge is 2.08. The van der Waals surface area contributed by atoms with Crippen LogP contribution < -0.4 is 5.32 Å². The summed E-state index contributed by atoms with van der Waals surface area (Å²) in [7, 11) is 1.61. The van der Waals surface area contributed by atoms with Gasteiger partial charge in [-0.15, -0.1) is 22.9 Å². The molecular formula is C10H13BrClNO2S. The van der Waals surface area contributed by atoms with Crippen LogP contribution in [0.2, 0.25) is 0 Å². The van der Waals surface area contributed by atoms with E-state index < -0.39 is 0 Å². The number of rotatable bonds is 6. The largest absolute Gasteiger partial charge is 0.383 e. The molecule has 1 heterocycles. The lowest BCUT2D eigenvalue weighted by molar-refractivity contribution is 0.0952. The normalized spacial score (nSPS) is 12.4. The van der Waals surface area contributed by atoms with Crippen molar-refractivity contribution in [2.24, 2.45) is 0 Å². The number of ether oxygens (including phenoxy) is 1. The molecule has 0 saturated heterocycles. The number of carbonyl (C=O) groups excluding carboxylic acids is 1. The Bertz CT molecular complexity index is 345. The van der Waals surface area contributed by atoms with Crippen LogP contribution in [0.5, 0.6) is 0 Å². The number of alkyl halides is 1. The van der Waals surface area contributed by atoms with Crippen molar-refractivity contribution in [1.82, 2.24) is 5.32 Å². The molecule has 1 aromatic heterocycles. The van der Waals surface area contributed by atoms with Crippen LogP contribution in [0, 0.1) is 0 Å². The third-order valence-electron chi connectivity index (χ3n) is 1.92. The summed E-state index contributed by atoms with van der Waals surface area (Å²) >= 11 is 10.7. The van der Waals surface area contributed by atoms with Crippen molar-refractivity contribution in [1.29, 1.82) is 0 Å². The molecule has 0 radical (unpaired) electrons. The van der Waals surface area contributed by atoms with Gasteiger partial charge in [-0.05, 0) is 28.4 Å². The fourth-order valence-electron chi connectivity index (χ4n) is 1.14. The summed E-state index contributed by atoms with van der Waals surface area (Å²) in [4.78, 5) is 11.6. The van der Waals surface area contributed by atoms with Gasteiger partial charge in [-0.3, -0.25) is 4.79 Å². The van der Waals surface area contributed by atoms with Gasteiger partial charge < -0.3 is 10.1 Å². The Hall–Kier alpha value is -0.100. The number of amides is 1. The smallest absolute Gasteiger partial charge is 0.252 e. The lowest BCUT2D eigenvalue weighted by Crippen LogP contribution is -2.26. The van der Waals surface area contributed by atoms with Gasteiger partial charge in [0.1, 0.15) is 0 Å². The number of carbonyl (C=O) groups is 1.